The molecular formula is C15H20N2O2S. The van der Waals surface area contributed by atoms with Gasteiger partial charge in [-0.1, -0.05) is 26.8 Å². The van der Waals surface area contributed by atoms with Crippen LogP contribution in [0.25, 0.3) is 11.0 Å². The van der Waals surface area contributed by atoms with Gasteiger partial charge in [-0.15, -0.1) is 0 Å². The van der Waals surface area contributed by atoms with Gasteiger partial charge in [0.25, 0.3) is 0 Å². The molecule has 0 amide bonds. The van der Waals surface area contributed by atoms with Crippen molar-refractivity contribution in [3.05, 3.63) is 29.6 Å². The normalized spacial score (nSPS) is 12.0. The van der Waals surface area contributed by atoms with E-state index in [4.69, 9.17) is 0 Å². The van der Waals surface area contributed by atoms with Crippen LogP contribution in [0.1, 0.15) is 37.0 Å². The first-order chi connectivity index (χ1) is 9.36. The van der Waals surface area contributed by atoms with Crippen LogP contribution < -0.4 is 0 Å². The number of hydrogen-bond donors (Lipinski definition) is 1. The Morgan fingerprint density at radius 1 is 1.40 bits per heavy atom. The lowest BCUT2D eigenvalue weighted by Gasteiger charge is -2.20. The van der Waals surface area contributed by atoms with Crippen molar-refractivity contribution in [3.8, 4) is 0 Å². The number of fused-ring (bicyclic) bond motifs is 1. The predicted molar refractivity (Wildman–Crippen MR) is 83.8 cm³/mol. The van der Waals surface area contributed by atoms with Crippen molar-refractivity contribution in [1.82, 2.24) is 9.55 Å². The van der Waals surface area contributed by atoms with Crippen LogP contribution in [0.2, 0.25) is 0 Å². The standard InChI is InChI=1S/C15H20N2O2S/c1-15(2,3)14-16-11-7-5-6-10(13(18)19)12(11)17(14)8-9-20-4/h5-7H,8-9H2,1-4H3,(H,18,19). The SMILES string of the molecule is CSCCn1c(C(C)(C)C)nc2cccc(C(=O)O)c21. The van der Waals surface area contributed by atoms with Gasteiger partial charge in [0.05, 0.1) is 16.6 Å². The molecule has 0 spiro atoms. The van der Waals surface area contributed by atoms with Gasteiger partial charge in [0.1, 0.15) is 5.82 Å². The van der Waals surface area contributed by atoms with Crippen LogP contribution in [0.4, 0.5) is 0 Å². The summed E-state index contributed by atoms with van der Waals surface area (Å²) in [4.78, 5) is 16.1. The van der Waals surface area contributed by atoms with Crippen LogP contribution in [0.3, 0.4) is 0 Å². The van der Waals surface area contributed by atoms with Crippen LogP contribution in [0, 0.1) is 0 Å². The lowest BCUT2D eigenvalue weighted by Crippen LogP contribution is -2.20. The maximum Gasteiger partial charge on any atom is 0.337 e. The first-order valence-electron chi connectivity index (χ1n) is 6.58. The number of aromatic nitrogens is 2. The second-order valence-corrected chi connectivity index (χ2v) is 6.79. The summed E-state index contributed by atoms with van der Waals surface area (Å²) in [5.41, 5.74) is 1.70. The first kappa shape index (κ1) is 14.9. The Kier molecular flexibility index (Phi) is 4.09. The molecule has 108 valence electrons. The lowest BCUT2D eigenvalue weighted by molar-refractivity contribution is 0.0698. The molecule has 1 heterocycles. The van der Waals surface area contributed by atoms with Crippen molar-refractivity contribution >= 4 is 28.8 Å². The molecule has 0 aliphatic carbocycles. The molecule has 0 saturated carbocycles. The third-order valence-corrected chi connectivity index (χ3v) is 3.78. The number of para-hydroxylation sites is 1. The van der Waals surface area contributed by atoms with Crippen LogP contribution in [-0.2, 0) is 12.0 Å². The Bertz CT molecular complexity index is 641. The lowest BCUT2D eigenvalue weighted by atomic mass is 9.95. The molecule has 0 aliphatic heterocycles. The zero-order chi connectivity index (χ0) is 14.9. The average molecular weight is 292 g/mol. The third kappa shape index (κ3) is 2.68. The number of nitrogens with zero attached hydrogens (tertiary/aromatic N) is 2. The van der Waals surface area contributed by atoms with Gasteiger partial charge in [-0.2, -0.15) is 11.8 Å². The highest BCUT2D eigenvalue weighted by molar-refractivity contribution is 7.98. The van der Waals surface area contributed by atoms with Crippen LogP contribution in [-0.4, -0.2) is 32.6 Å². The Morgan fingerprint density at radius 2 is 2.10 bits per heavy atom. The van der Waals surface area contributed by atoms with Crippen molar-refractivity contribution in [1.29, 1.82) is 0 Å². The minimum atomic E-state index is -0.902. The fraction of sp³-hybridized carbons (Fsp3) is 0.467. The highest BCUT2D eigenvalue weighted by atomic mass is 32.2. The number of thioether (sulfide) groups is 1. The van der Waals surface area contributed by atoms with Crippen molar-refractivity contribution in [2.24, 2.45) is 0 Å². The van der Waals surface area contributed by atoms with E-state index in [2.05, 4.69) is 30.3 Å². The number of carboxylic acid groups (broad SMARTS) is 1. The molecule has 1 aromatic carbocycles. The van der Waals surface area contributed by atoms with Gasteiger partial charge in [-0.05, 0) is 18.4 Å². The van der Waals surface area contributed by atoms with E-state index in [1.807, 2.05) is 12.3 Å². The van der Waals surface area contributed by atoms with E-state index in [0.29, 0.717) is 5.56 Å². The molecule has 0 unspecified atom stereocenters. The van der Waals surface area contributed by atoms with E-state index < -0.39 is 5.97 Å². The number of aromatic carboxylic acids is 1. The second kappa shape index (κ2) is 5.48. The van der Waals surface area contributed by atoms with E-state index >= 15 is 0 Å². The van der Waals surface area contributed by atoms with Crippen LogP contribution >= 0.6 is 11.8 Å². The van der Waals surface area contributed by atoms with Crippen LogP contribution in [0.15, 0.2) is 18.2 Å². The number of hydrogen-bond acceptors (Lipinski definition) is 3. The van der Waals surface area contributed by atoms with Crippen molar-refractivity contribution in [3.63, 3.8) is 0 Å². The summed E-state index contributed by atoms with van der Waals surface area (Å²) in [6, 6.07) is 5.28. The highest BCUT2D eigenvalue weighted by Gasteiger charge is 2.25. The van der Waals surface area contributed by atoms with E-state index in [9.17, 15) is 9.90 Å². The Balaban J connectivity index is 2.75. The van der Waals surface area contributed by atoms with Gasteiger partial charge in [0, 0.05) is 17.7 Å². The molecule has 4 nitrogen and oxygen atoms in total. The highest BCUT2D eigenvalue weighted by Crippen LogP contribution is 2.28. The molecule has 0 fully saturated rings. The molecule has 5 heteroatoms. The number of benzene rings is 1. The van der Waals surface area contributed by atoms with Gasteiger partial charge in [-0.25, -0.2) is 9.78 Å². The van der Waals surface area contributed by atoms with Crippen molar-refractivity contribution < 1.29 is 9.90 Å². The van der Waals surface area contributed by atoms with Gasteiger partial charge >= 0.3 is 5.97 Å². The minimum absolute atomic E-state index is 0.118. The van der Waals surface area contributed by atoms with E-state index in [0.717, 1.165) is 29.2 Å². The maximum absolute atomic E-state index is 11.5. The second-order valence-electron chi connectivity index (χ2n) is 5.81. The first-order valence-corrected chi connectivity index (χ1v) is 7.97. The molecular weight excluding hydrogens is 272 g/mol. The molecule has 2 rings (SSSR count). The molecule has 0 saturated heterocycles. The molecule has 2 aromatic rings. The molecule has 0 atom stereocenters. The zero-order valence-corrected chi connectivity index (χ0v) is 13.1. The molecule has 1 aromatic heterocycles. The van der Waals surface area contributed by atoms with Crippen LogP contribution in [0.5, 0.6) is 0 Å². The topological polar surface area (TPSA) is 55.1 Å². The molecule has 20 heavy (non-hydrogen) atoms. The van der Waals surface area contributed by atoms with Crippen molar-refractivity contribution in [2.75, 3.05) is 12.0 Å². The fourth-order valence-corrected chi connectivity index (χ4v) is 2.70. The summed E-state index contributed by atoms with van der Waals surface area (Å²) in [5, 5.41) is 9.40. The van der Waals surface area contributed by atoms with E-state index in [1.54, 1.807) is 23.9 Å². The van der Waals surface area contributed by atoms with Gasteiger partial charge in [-0.3, -0.25) is 0 Å². The Labute approximate surface area is 123 Å². The minimum Gasteiger partial charge on any atom is -0.478 e. The number of carboxylic acids is 1. The number of carbonyl (C=O) groups is 1. The molecule has 0 aliphatic rings. The summed E-state index contributed by atoms with van der Waals surface area (Å²) in [6.45, 7) is 7.08. The largest absolute Gasteiger partial charge is 0.478 e. The fourth-order valence-electron chi connectivity index (χ4n) is 2.33. The monoisotopic (exact) mass is 292 g/mol. The van der Waals surface area contributed by atoms with Gasteiger partial charge in [0.15, 0.2) is 0 Å². The summed E-state index contributed by atoms with van der Waals surface area (Å²) in [5.74, 6) is 0.972. The Hall–Kier alpha value is -1.49. The van der Waals surface area contributed by atoms with Crippen molar-refractivity contribution in [2.45, 2.75) is 32.7 Å². The van der Waals surface area contributed by atoms with E-state index in [1.165, 1.54) is 0 Å². The maximum atomic E-state index is 11.5. The number of rotatable bonds is 4. The molecule has 1 N–H and O–H groups in total. The molecule has 0 radical (unpaired) electrons. The summed E-state index contributed by atoms with van der Waals surface area (Å²) >= 11 is 1.75. The quantitative estimate of drug-likeness (QED) is 0.938. The summed E-state index contributed by atoms with van der Waals surface area (Å²) in [7, 11) is 0. The number of imidazole rings is 1. The van der Waals surface area contributed by atoms with E-state index in [-0.39, 0.29) is 5.41 Å². The van der Waals surface area contributed by atoms with Gasteiger partial charge in [0.2, 0.25) is 0 Å². The zero-order valence-electron chi connectivity index (χ0n) is 12.3. The summed E-state index contributed by atoms with van der Waals surface area (Å²) in [6.07, 6.45) is 2.05. The third-order valence-electron chi connectivity index (χ3n) is 3.19. The smallest absolute Gasteiger partial charge is 0.337 e. The number of aryl methyl sites for hydroxylation is 1. The Morgan fingerprint density at radius 3 is 2.65 bits per heavy atom. The molecule has 0 bridgehead atoms. The predicted octanol–water partition coefficient (Wildman–Crippen LogP) is 3.40. The summed E-state index contributed by atoms with van der Waals surface area (Å²) < 4.78 is 2.06. The van der Waals surface area contributed by atoms with Gasteiger partial charge < -0.3 is 9.67 Å². The average Bonchev–Trinajstić information content (AvgIpc) is 2.74.